The number of aliphatic carboxylic acids is 1. The van der Waals surface area contributed by atoms with Crippen molar-refractivity contribution in [3.63, 3.8) is 0 Å². The number of hydrogen-bond donors (Lipinski definition) is 1. The van der Waals surface area contributed by atoms with Gasteiger partial charge in [0.25, 0.3) is 0 Å². The zero-order chi connectivity index (χ0) is 13.8. The Hall–Kier alpha value is -1.35. The van der Waals surface area contributed by atoms with Crippen molar-refractivity contribution in [3.8, 4) is 0 Å². The van der Waals surface area contributed by atoms with Crippen molar-refractivity contribution in [1.29, 1.82) is 0 Å². The van der Waals surface area contributed by atoms with Crippen LogP contribution in [0.15, 0.2) is 30.3 Å². The third-order valence-electron chi connectivity index (χ3n) is 2.46. The highest BCUT2D eigenvalue weighted by atomic mass is 16.5. The largest absolute Gasteiger partial charge is 0.481 e. The molecule has 3 heteroatoms. The molecule has 0 aliphatic carbocycles. The maximum atomic E-state index is 10.5. The van der Waals surface area contributed by atoms with Crippen LogP contribution in [-0.2, 0) is 16.1 Å². The summed E-state index contributed by atoms with van der Waals surface area (Å²) in [5, 5.41) is 8.68. The highest BCUT2D eigenvalue weighted by molar-refractivity contribution is 5.69. The molecule has 0 heterocycles. The van der Waals surface area contributed by atoms with Gasteiger partial charge in [0.15, 0.2) is 0 Å². The molecule has 1 atom stereocenters. The van der Waals surface area contributed by atoms with Crippen LogP contribution in [0.2, 0.25) is 0 Å². The van der Waals surface area contributed by atoms with Crippen molar-refractivity contribution < 1.29 is 14.6 Å². The summed E-state index contributed by atoms with van der Waals surface area (Å²) < 4.78 is 5.46. The first-order valence-corrected chi connectivity index (χ1v) is 6.54. The van der Waals surface area contributed by atoms with E-state index in [9.17, 15) is 4.79 Å². The number of carboxylic acid groups (broad SMARTS) is 1. The predicted octanol–water partition coefficient (Wildman–Crippen LogP) is 3.73. The van der Waals surface area contributed by atoms with Crippen molar-refractivity contribution in [1.82, 2.24) is 0 Å². The third-order valence-corrected chi connectivity index (χ3v) is 2.46. The number of hydrogen-bond acceptors (Lipinski definition) is 2. The van der Waals surface area contributed by atoms with Crippen molar-refractivity contribution >= 4 is 5.97 Å². The van der Waals surface area contributed by atoms with E-state index < -0.39 is 5.97 Å². The average Bonchev–Trinajstić information content (AvgIpc) is 2.41. The van der Waals surface area contributed by atoms with E-state index in [1.165, 1.54) is 0 Å². The van der Waals surface area contributed by atoms with Gasteiger partial charge in [-0.15, -0.1) is 0 Å². The van der Waals surface area contributed by atoms with Crippen molar-refractivity contribution in [2.75, 3.05) is 6.61 Å². The lowest BCUT2D eigenvalue weighted by Gasteiger charge is -2.06. The topological polar surface area (TPSA) is 46.5 Å². The fourth-order valence-electron chi connectivity index (χ4n) is 1.38. The van der Waals surface area contributed by atoms with E-state index in [-0.39, 0.29) is 5.92 Å². The highest BCUT2D eigenvalue weighted by Crippen LogP contribution is 2.06. The molecule has 18 heavy (non-hydrogen) atoms. The molecule has 102 valence electrons. The second kappa shape index (κ2) is 10.8. The molecule has 1 aromatic rings. The lowest BCUT2D eigenvalue weighted by molar-refractivity contribution is -0.141. The molecule has 0 spiro atoms. The first-order valence-electron chi connectivity index (χ1n) is 6.54. The molecule has 0 saturated heterocycles. The Labute approximate surface area is 110 Å². The van der Waals surface area contributed by atoms with Gasteiger partial charge < -0.3 is 9.84 Å². The molecule has 1 aromatic carbocycles. The smallest absolute Gasteiger partial charge is 0.306 e. The number of carboxylic acids is 1. The molecule has 0 amide bonds. The Balaban J connectivity index is 0.00000137. The molecule has 1 N–H and O–H groups in total. The van der Waals surface area contributed by atoms with E-state index in [2.05, 4.69) is 0 Å². The molecule has 0 saturated carbocycles. The Morgan fingerprint density at radius 1 is 1.28 bits per heavy atom. The van der Waals surface area contributed by atoms with Gasteiger partial charge in [-0.1, -0.05) is 51.1 Å². The Morgan fingerprint density at radius 2 is 1.89 bits per heavy atom. The van der Waals surface area contributed by atoms with E-state index in [0.717, 1.165) is 12.0 Å². The van der Waals surface area contributed by atoms with Crippen LogP contribution in [0.3, 0.4) is 0 Å². The highest BCUT2D eigenvalue weighted by Gasteiger charge is 2.09. The number of rotatable bonds is 7. The van der Waals surface area contributed by atoms with Gasteiger partial charge in [0.05, 0.1) is 12.5 Å². The minimum Gasteiger partial charge on any atom is -0.481 e. The maximum absolute atomic E-state index is 10.5. The van der Waals surface area contributed by atoms with E-state index in [1.807, 2.05) is 44.2 Å². The van der Waals surface area contributed by atoms with Crippen LogP contribution >= 0.6 is 0 Å². The monoisotopic (exact) mass is 252 g/mol. The van der Waals surface area contributed by atoms with Crippen LogP contribution in [0.5, 0.6) is 0 Å². The predicted molar refractivity (Wildman–Crippen MR) is 73.5 cm³/mol. The zero-order valence-corrected chi connectivity index (χ0v) is 11.6. The molecule has 0 fully saturated rings. The quantitative estimate of drug-likeness (QED) is 0.752. The fourth-order valence-corrected chi connectivity index (χ4v) is 1.38. The fraction of sp³-hybridized carbons (Fsp3) is 0.533. The molecule has 0 radical (unpaired) electrons. The summed E-state index contributed by atoms with van der Waals surface area (Å²) in [6, 6.07) is 9.95. The number of ether oxygens (including phenoxy) is 1. The molecule has 1 rings (SSSR count). The van der Waals surface area contributed by atoms with Gasteiger partial charge >= 0.3 is 5.97 Å². The van der Waals surface area contributed by atoms with Gasteiger partial charge in [0.1, 0.15) is 0 Å². The Bertz CT molecular complexity index is 309. The molecule has 0 aromatic heterocycles. The van der Waals surface area contributed by atoms with Gasteiger partial charge in [0.2, 0.25) is 0 Å². The molecular formula is C15H24O3. The molecule has 0 aliphatic heterocycles. The van der Waals surface area contributed by atoms with Gasteiger partial charge in [-0.05, 0) is 18.4 Å². The lowest BCUT2D eigenvalue weighted by Crippen LogP contribution is -2.10. The summed E-state index contributed by atoms with van der Waals surface area (Å²) in [6.07, 6.45) is 1.46. The second-order valence-corrected chi connectivity index (χ2v) is 3.92. The Morgan fingerprint density at radius 3 is 2.44 bits per heavy atom. The van der Waals surface area contributed by atoms with Crippen molar-refractivity contribution in [3.05, 3.63) is 35.9 Å². The van der Waals surface area contributed by atoms with E-state index >= 15 is 0 Å². The minimum absolute atomic E-state index is 0.277. The van der Waals surface area contributed by atoms with Crippen LogP contribution in [0.1, 0.15) is 39.2 Å². The van der Waals surface area contributed by atoms with Crippen molar-refractivity contribution in [2.45, 2.75) is 40.2 Å². The van der Waals surface area contributed by atoms with Gasteiger partial charge in [0, 0.05) is 6.61 Å². The first-order chi connectivity index (χ1) is 8.70. The summed E-state index contributed by atoms with van der Waals surface area (Å²) in [6.45, 7) is 6.94. The summed E-state index contributed by atoms with van der Waals surface area (Å²) in [4.78, 5) is 10.5. The van der Waals surface area contributed by atoms with Gasteiger partial charge in [-0.2, -0.15) is 0 Å². The SMILES string of the molecule is CC.CC(CCCOCc1ccccc1)C(=O)O. The summed E-state index contributed by atoms with van der Waals surface area (Å²) in [5.74, 6) is -1.01. The number of benzene rings is 1. The van der Waals surface area contributed by atoms with Crippen LogP contribution < -0.4 is 0 Å². The number of carbonyl (C=O) groups is 1. The third kappa shape index (κ3) is 7.85. The van der Waals surface area contributed by atoms with Crippen LogP contribution in [0.4, 0.5) is 0 Å². The normalized spacial score (nSPS) is 11.3. The van der Waals surface area contributed by atoms with Crippen LogP contribution in [0.25, 0.3) is 0 Å². The zero-order valence-electron chi connectivity index (χ0n) is 11.6. The molecule has 1 unspecified atom stereocenters. The Kier molecular flexibility index (Phi) is 9.97. The average molecular weight is 252 g/mol. The first kappa shape index (κ1) is 16.6. The molecule has 0 aliphatic rings. The van der Waals surface area contributed by atoms with E-state index in [0.29, 0.717) is 19.6 Å². The van der Waals surface area contributed by atoms with Gasteiger partial charge in [-0.25, -0.2) is 0 Å². The van der Waals surface area contributed by atoms with E-state index in [1.54, 1.807) is 6.92 Å². The van der Waals surface area contributed by atoms with Crippen LogP contribution in [-0.4, -0.2) is 17.7 Å². The van der Waals surface area contributed by atoms with E-state index in [4.69, 9.17) is 9.84 Å². The maximum Gasteiger partial charge on any atom is 0.306 e. The molecular weight excluding hydrogens is 228 g/mol. The minimum atomic E-state index is -0.733. The van der Waals surface area contributed by atoms with Crippen LogP contribution in [0, 0.1) is 5.92 Å². The summed E-state index contributed by atoms with van der Waals surface area (Å²) in [7, 11) is 0. The lowest BCUT2D eigenvalue weighted by atomic mass is 10.1. The van der Waals surface area contributed by atoms with Crippen molar-refractivity contribution in [2.24, 2.45) is 5.92 Å². The summed E-state index contributed by atoms with van der Waals surface area (Å²) >= 11 is 0. The second-order valence-electron chi connectivity index (χ2n) is 3.92. The standard InChI is InChI=1S/C13H18O3.C2H6/c1-11(13(14)15)6-5-9-16-10-12-7-3-2-4-8-12;1-2/h2-4,7-8,11H,5-6,9-10H2,1H3,(H,14,15);1-2H3. The summed E-state index contributed by atoms with van der Waals surface area (Å²) in [5.41, 5.74) is 1.15. The molecule has 0 bridgehead atoms. The van der Waals surface area contributed by atoms with Gasteiger partial charge in [-0.3, -0.25) is 4.79 Å². The molecule has 3 nitrogen and oxygen atoms in total.